The van der Waals surface area contributed by atoms with Crippen LogP contribution in [0, 0.1) is 35.5 Å². The summed E-state index contributed by atoms with van der Waals surface area (Å²) < 4.78 is 204. The first kappa shape index (κ1) is 117. The first-order valence-corrected chi connectivity index (χ1v) is 53.1. The third-order valence-corrected chi connectivity index (χ3v) is 31.3. The van der Waals surface area contributed by atoms with Gasteiger partial charge in [0.15, 0.2) is 15.0 Å². The SMILES string of the molecule is C.CCOC(=O)C1CC=C(C)CC1.CCOC(=O)C1CC=C(OS(=O)(=O)C(F)(F)F)CC1.CCOC(=O)C1CCC(=O)CC1.CSF.O=C(c1nc(C2CCC(C(=O)O)CC2)cs1)c1c[nH]c2ccccc12.O=C(c1nc(C2CCC(C(=O)O)CC2)cs1)c1c[nH]c2ccccc12.O=C(c1nc(C2CCC(C(=O)O)CC2)cs1)c1c[nH]c2ccccc12.O=S(=O)(N(c1ccccc1)S(=O)(=O)C(F)(F)F)C(F)(F)F. The number of benzene rings is 4. The van der Waals surface area contributed by atoms with Crippen molar-refractivity contribution in [2.45, 2.75) is 211 Å². The number of carboxylic acids is 3. The molecule has 30 nitrogen and oxygen atoms in total. The molecule has 2 unspecified atom stereocenters. The van der Waals surface area contributed by atoms with Crippen LogP contribution in [0.25, 0.3) is 32.7 Å². The number of aromatic amines is 3. The molecule has 0 amide bonds. The fourth-order valence-corrected chi connectivity index (χ4v) is 22.1. The van der Waals surface area contributed by atoms with Gasteiger partial charge in [-0.15, -0.1) is 37.7 Å². The van der Waals surface area contributed by atoms with Crippen LogP contribution in [0.5, 0.6) is 0 Å². The highest BCUT2D eigenvalue weighted by molar-refractivity contribution is 8.11. The summed E-state index contributed by atoms with van der Waals surface area (Å²) in [7, 11) is -19.2. The number of carboxylic acid groups (broad SMARTS) is 3. The molecule has 0 radical (unpaired) electrons. The molecule has 10 aromatic rings. The predicted molar refractivity (Wildman–Crippen MR) is 518 cm³/mol. The number of anilines is 1. The second-order valence-electron chi connectivity index (χ2n) is 33.4. The topological polar surface area (TPSA) is 460 Å². The summed E-state index contributed by atoms with van der Waals surface area (Å²) in [5.41, 5.74) is -10.3. The average Bonchev–Trinajstić information content (AvgIpc) is 1.38. The lowest BCUT2D eigenvalue weighted by molar-refractivity contribution is -0.150. The van der Waals surface area contributed by atoms with E-state index in [1.807, 2.05) is 95.9 Å². The third-order valence-electron chi connectivity index (χ3n) is 24.0. The van der Waals surface area contributed by atoms with E-state index < -0.39 is 85.9 Å². The highest BCUT2D eigenvalue weighted by Crippen LogP contribution is 2.44. The molecule has 4 fully saturated rings. The maximum atomic E-state index is 12.8. The van der Waals surface area contributed by atoms with Crippen molar-refractivity contribution in [2.24, 2.45) is 35.5 Å². The van der Waals surface area contributed by atoms with Crippen LogP contribution in [0.4, 0.5) is 49.1 Å². The molecule has 47 heteroatoms. The monoisotopic (exact) mass is 2140 g/mol. The number of hydrogen-bond donors (Lipinski definition) is 6. The maximum Gasteiger partial charge on any atom is 0.534 e. The van der Waals surface area contributed by atoms with Gasteiger partial charge in [-0.3, -0.25) is 47.9 Å². The molecule has 0 aliphatic heterocycles. The summed E-state index contributed by atoms with van der Waals surface area (Å²) in [6, 6.07) is 27.0. The Bertz CT molecular complexity index is 6020. The summed E-state index contributed by atoms with van der Waals surface area (Å²) in [6.45, 7) is 8.54. The number of ketones is 4. The Morgan fingerprint density at radius 1 is 0.427 bits per heavy atom. The minimum Gasteiger partial charge on any atom is -0.481 e. The van der Waals surface area contributed by atoms with Crippen molar-refractivity contribution in [3.63, 3.8) is 0 Å². The first-order valence-electron chi connectivity index (χ1n) is 45.1. The zero-order valence-corrected chi connectivity index (χ0v) is 83.0. The van der Waals surface area contributed by atoms with E-state index in [1.54, 1.807) is 32.4 Å². The number of thiazole rings is 3. The number of para-hydroxylation sites is 4. The van der Waals surface area contributed by atoms with E-state index in [-0.39, 0.29) is 134 Å². The van der Waals surface area contributed by atoms with Gasteiger partial charge in [0.25, 0.3) is 0 Å². The minimum absolute atomic E-state index is 0. The predicted octanol–water partition coefficient (Wildman–Crippen LogP) is 22.4. The molecule has 6 aliphatic rings. The number of esters is 3. The number of aliphatic carboxylic acids is 3. The highest BCUT2D eigenvalue weighted by atomic mass is 32.3. The number of alkyl halides is 9. The number of Topliss-reactive ketones (excluding diaryl/α,β-unsaturated/α-hetero) is 1. The normalized spacial score (nSPS) is 19.3. The maximum absolute atomic E-state index is 12.8. The van der Waals surface area contributed by atoms with Crippen molar-refractivity contribution < 1.29 is 150 Å². The lowest BCUT2D eigenvalue weighted by Gasteiger charge is -2.25. The van der Waals surface area contributed by atoms with Gasteiger partial charge in [0.05, 0.1) is 94.8 Å². The molecular formula is C96H109F10N7O23S7. The zero-order chi connectivity index (χ0) is 104. The van der Waals surface area contributed by atoms with Gasteiger partial charge >= 0.3 is 82.5 Å². The van der Waals surface area contributed by atoms with Crippen molar-refractivity contribution in [1.82, 2.24) is 29.9 Å². The number of rotatable bonds is 23. The highest BCUT2D eigenvalue weighted by Gasteiger charge is 2.62. The number of H-pyrrole nitrogens is 3. The molecule has 6 N–H and O–H groups in total. The van der Waals surface area contributed by atoms with Crippen molar-refractivity contribution in [3.8, 4) is 0 Å². The van der Waals surface area contributed by atoms with Crippen molar-refractivity contribution >= 4 is 174 Å². The minimum atomic E-state index is -6.81. The molecule has 6 aliphatic carbocycles. The molecule has 4 aromatic carbocycles. The van der Waals surface area contributed by atoms with Gasteiger partial charge in [-0.1, -0.05) is 91.9 Å². The molecule has 0 spiro atoms. The number of nitrogens with zero attached hydrogens (tertiary/aromatic N) is 4. The quantitative estimate of drug-likeness (QED) is 0.00659. The van der Waals surface area contributed by atoms with Gasteiger partial charge in [0.2, 0.25) is 17.3 Å². The van der Waals surface area contributed by atoms with Crippen LogP contribution in [0.15, 0.2) is 161 Å². The van der Waals surface area contributed by atoms with Crippen LogP contribution >= 0.6 is 46.2 Å². The van der Waals surface area contributed by atoms with Gasteiger partial charge < -0.3 is 48.7 Å². The fraction of sp³-hybridized carbons (Fsp3) is 0.448. The summed E-state index contributed by atoms with van der Waals surface area (Å²) in [5.74, 6) is -3.22. The third kappa shape index (κ3) is 31.7. The van der Waals surface area contributed by atoms with E-state index in [4.69, 9.17) is 29.5 Å². The van der Waals surface area contributed by atoms with Crippen LogP contribution in [-0.2, 0) is 82.1 Å². The van der Waals surface area contributed by atoms with Gasteiger partial charge in [0.1, 0.15) is 11.5 Å². The van der Waals surface area contributed by atoms with Gasteiger partial charge in [-0.25, -0.2) is 15.0 Å². The number of nitrogens with one attached hydrogen (secondary N) is 3. The number of carbonyl (C=O) groups is 10. The van der Waals surface area contributed by atoms with Crippen molar-refractivity contribution in [2.75, 3.05) is 29.8 Å². The van der Waals surface area contributed by atoms with E-state index in [0.29, 0.717) is 121 Å². The molecule has 6 heterocycles. The first-order chi connectivity index (χ1) is 67.2. The molecule has 4 saturated carbocycles. The number of aromatic nitrogens is 6. The van der Waals surface area contributed by atoms with Gasteiger partial charge in [-0.2, -0.15) is 68.7 Å². The van der Waals surface area contributed by atoms with Gasteiger partial charge in [-0.05, 0) is 186 Å². The number of halogens is 10. The molecule has 2 atom stereocenters. The molecule has 16 rings (SSSR count). The Morgan fingerprint density at radius 2 is 0.727 bits per heavy atom. The Labute approximate surface area is 834 Å². The Morgan fingerprint density at radius 3 is 1.01 bits per heavy atom. The van der Waals surface area contributed by atoms with E-state index in [2.05, 4.69) is 47.1 Å². The number of hydrogen-bond acceptors (Lipinski definition) is 27. The average molecular weight is 2140 g/mol. The Kier molecular flexibility index (Phi) is 43.5. The van der Waals surface area contributed by atoms with Crippen molar-refractivity contribution in [1.29, 1.82) is 0 Å². The number of allylic oxidation sites excluding steroid dienone is 4. The summed E-state index contributed by atoms with van der Waals surface area (Å²) in [4.78, 5) is 139. The summed E-state index contributed by atoms with van der Waals surface area (Å²) in [6.07, 6.45) is 24.5. The lowest BCUT2D eigenvalue weighted by atomic mass is 9.81. The van der Waals surface area contributed by atoms with Crippen LogP contribution in [0.2, 0.25) is 0 Å². The smallest absolute Gasteiger partial charge is 0.481 e. The molecule has 0 saturated heterocycles. The number of ether oxygens (including phenoxy) is 3. The fourth-order valence-electron chi connectivity index (χ4n) is 16.3. The molecule has 143 heavy (non-hydrogen) atoms. The molecular weight excluding hydrogens is 2030 g/mol. The van der Waals surface area contributed by atoms with Crippen LogP contribution in [0.1, 0.15) is 257 Å². The summed E-state index contributed by atoms with van der Waals surface area (Å²) in [5, 5.41) is 37.4. The summed E-state index contributed by atoms with van der Waals surface area (Å²) >= 11 is 4.37. The Hall–Kier alpha value is -11.5. The number of carbonyl (C=O) groups excluding carboxylic acids is 7. The second-order valence-corrected chi connectivity index (χ2v) is 41.6. The van der Waals surface area contributed by atoms with E-state index in [0.717, 1.165) is 126 Å². The standard InChI is InChI=1S/3C19H18N2O3S.C10H13F3O5S.C10H16O2.C9H14O3.C8H5F6NO4S2.CH3FS.CH4/c3*22-17(14-9-20-15-4-2-1-3-13(14)15)18-21-16(10-25-18)11-5-7-12(8-6-11)19(23)24;1-2-17-9(14)7-3-5-8(6-4-7)18-19(15,16)10(11,12)13;1-3-12-10(11)9-6-4-8(2)5-7-9;1-2-12-9(11)7-3-5-8(10)6-4-7;9-7(10,11)20(16,17)15(6-4-2-1-3-5-6)21(18,19)8(12,13)14;1-3-2;/h3*1-4,9-12,20H,5-8H2,(H,23,24);5,7H,2-4,6H2,1H3;4,9H,3,5-7H2,1-2H3;7H,2-6H2,1H3;1-5H;1H3;1H4. The van der Waals surface area contributed by atoms with Crippen molar-refractivity contribution in [3.05, 3.63) is 210 Å². The van der Waals surface area contributed by atoms with Gasteiger partial charge in [0, 0.05) is 123 Å². The Balaban J connectivity index is 0.000000206. The largest absolute Gasteiger partial charge is 0.534 e. The second kappa shape index (κ2) is 53.3. The number of sulfonamides is 2. The lowest BCUT2D eigenvalue weighted by Crippen LogP contribution is -2.49. The van der Waals surface area contributed by atoms with Crippen LogP contribution in [-0.4, -0.2) is 172 Å². The van der Waals surface area contributed by atoms with E-state index in [1.165, 1.54) is 51.9 Å². The molecule has 0 bridgehead atoms. The van der Waals surface area contributed by atoms with E-state index in [9.17, 15) is 117 Å². The molecule has 6 aromatic heterocycles. The zero-order valence-electron chi connectivity index (χ0n) is 77.2. The van der Waals surface area contributed by atoms with Crippen LogP contribution < -0.4 is 3.71 Å². The van der Waals surface area contributed by atoms with E-state index >= 15 is 0 Å². The molecule has 778 valence electrons. The number of fused-ring (bicyclic) bond motifs is 3. The van der Waals surface area contributed by atoms with Crippen LogP contribution in [0.3, 0.4) is 0 Å².